The van der Waals surface area contributed by atoms with E-state index in [1.807, 2.05) is 56.3 Å². The molecule has 0 saturated carbocycles. The number of hydrogen-bond donors (Lipinski definition) is 1. The average molecular weight is 351 g/mol. The van der Waals surface area contributed by atoms with E-state index in [0.717, 1.165) is 22.6 Å². The second-order valence-electron chi connectivity index (χ2n) is 5.95. The van der Waals surface area contributed by atoms with E-state index in [2.05, 4.69) is 5.32 Å². The summed E-state index contributed by atoms with van der Waals surface area (Å²) < 4.78 is 16.4. The lowest BCUT2D eigenvalue weighted by Gasteiger charge is -2.10. The number of hydrogen-bond acceptors (Lipinski definition) is 4. The quantitative estimate of drug-likeness (QED) is 0.697. The molecule has 0 aliphatic rings. The minimum atomic E-state index is -0.280. The largest absolute Gasteiger partial charge is 0.497 e. The van der Waals surface area contributed by atoms with Gasteiger partial charge < -0.3 is 19.2 Å². The van der Waals surface area contributed by atoms with Crippen LogP contribution in [0.4, 0.5) is 5.69 Å². The van der Waals surface area contributed by atoms with Gasteiger partial charge in [0.2, 0.25) is 0 Å². The maximum atomic E-state index is 12.4. The van der Waals surface area contributed by atoms with Crippen LogP contribution in [-0.4, -0.2) is 13.0 Å². The molecule has 1 N–H and O–H groups in total. The Morgan fingerprint density at radius 1 is 0.962 bits per heavy atom. The maximum Gasteiger partial charge on any atom is 0.291 e. The number of nitrogens with one attached hydrogen (secondary N) is 1. The molecule has 0 bridgehead atoms. The van der Waals surface area contributed by atoms with Gasteiger partial charge in [-0.2, -0.15) is 0 Å². The number of para-hydroxylation sites is 1. The first-order valence-corrected chi connectivity index (χ1v) is 8.30. The maximum absolute atomic E-state index is 12.4. The number of methoxy groups -OCH3 is 1. The first-order valence-electron chi connectivity index (χ1n) is 8.30. The van der Waals surface area contributed by atoms with Crippen molar-refractivity contribution in [3.63, 3.8) is 0 Å². The Morgan fingerprint density at radius 3 is 2.27 bits per heavy atom. The van der Waals surface area contributed by atoms with Gasteiger partial charge in [-0.05, 0) is 61.4 Å². The molecule has 0 aliphatic carbocycles. The summed E-state index contributed by atoms with van der Waals surface area (Å²) >= 11 is 0. The molecule has 0 unspecified atom stereocenters. The summed E-state index contributed by atoms with van der Waals surface area (Å²) in [6.45, 7) is 4.15. The zero-order valence-electron chi connectivity index (χ0n) is 15.0. The van der Waals surface area contributed by atoms with Gasteiger partial charge in [-0.3, -0.25) is 4.79 Å². The zero-order valence-corrected chi connectivity index (χ0v) is 15.0. The van der Waals surface area contributed by atoms with E-state index in [0.29, 0.717) is 11.5 Å². The number of carbonyl (C=O) groups excluding carboxylic acids is 1. The van der Waals surface area contributed by atoms with Crippen LogP contribution in [0, 0.1) is 13.8 Å². The number of rotatable bonds is 6. The van der Waals surface area contributed by atoms with E-state index >= 15 is 0 Å². The fourth-order valence-corrected chi connectivity index (χ4v) is 2.59. The van der Waals surface area contributed by atoms with Crippen LogP contribution in [0.3, 0.4) is 0 Å². The molecule has 134 valence electrons. The smallest absolute Gasteiger partial charge is 0.291 e. The molecule has 1 aromatic heterocycles. The summed E-state index contributed by atoms with van der Waals surface area (Å²) in [7, 11) is 1.61. The molecule has 1 amide bonds. The average Bonchev–Trinajstić information content (AvgIpc) is 3.12. The molecule has 5 nitrogen and oxygen atoms in total. The second-order valence-corrected chi connectivity index (χ2v) is 5.95. The predicted molar refractivity (Wildman–Crippen MR) is 99.9 cm³/mol. The monoisotopic (exact) mass is 351 g/mol. The molecule has 0 saturated heterocycles. The van der Waals surface area contributed by atoms with Crippen molar-refractivity contribution in [2.24, 2.45) is 0 Å². The highest BCUT2D eigenvalue weighted by molar-refractivity contribution is 6.03. The number of aryl methyl sites for hydroxylation is 2. The van der Waals surface area contributed by atoms with Crippen LogP contribution in [0.1, 0.15) is 27.4 Å². The first kappa shape index (κ1) is 17.6. The van der Waals surface area contributed by atoms with Crippen LogP contribution in [0.5, 0.6) is 11.5 Å². The fourth-order valence-electron chi connectivity index (χ4n) is 2.59. The van der Waals surface area contributed by atoms with Crippen molar-refractivity contribution in [3.05, 3.63) is 77.2 Å². The van der Waals surface area contributed by atoms with Gasteiger partial charge in [0.05, 0.1) is 7.11 Å². The van der Waals surface area contributed by atoms with Crippen molar-refractivity contribution >= 4 is 11.6 Å². The number of carbonyl (C=O) groups is 1. The Kier molecular flexibility index (Phi) is 5.27. The summed E-state index contributed by atoms with van der Waals surface area (Å²) in [5.41, 5.74) is 2.82. The molecule has 5 heteroatoms. The predicted octanol–water partition coefficient (Wildman–Crippen LogP) is 4.74. The molecular formula is C21H21NO4. The summed E-state index contributed by atoms with van der Waals surface area (Å²) in [5, 5.41) is 2.91. The number of amides is 1. The Balaban J connectivity index is 1.62. The van der Waals surface area contributed by atoms with E-state index in [1.165, 1.54) is 0 Å². The molecule has 2 aromatic carbocycles. The highest BCUT2D eigenvalue weighted by atomic mass is 16.5. The molecular weight excluding hydrogens is 330 g/mol. The van der Waals surface area contributed by atoms with E-state index in [4.69, 9.17) is 13.9 Å². The highest BCUT2D eigenvalue weighted by Crippen LogP contribution is 2.22. The zero-order chi connectivity index (χ0) is 18.5. The standard InChI is InChI=1S/C21H21NO4/c1-14-5-4-6-15(2)20(14)22-21(23)19-12-11-18(26-19)13-25-17-9-7-16(24-3)8-10-17/h4-12H,13H2,1-3H3,(H,22,23). The summed E-state index contributed by atoms with van der Waals surface area (Å²) in [4.78, 5) is 12.4. The van der Waals surface area contributed by atoms with Crippen molar-refractivity contribution in [1.82, 2.24) is 0 Å². The normalized spacial score (nSPS) is 10.4. The van der Waals surface area contributed by atoms with Crippen LogP contribution in [-0.2, 0) is 6.61 Å². The third-order valence-corrected chi connectivity index (χ3v) is 4.05. The lowest BCUT2D eigenvalue weighted by Crippen LogP contribution is -2.13. The molecule has 0 radical (unpaired) electrons. The van der Waals surface area contributed by atoms with Crippen LogP contribution in [0.25, 0.3) is 0 Å². The van der Waals surface area contributed by atoms with Gasteiger partial charge in [0, 0.05) is 5.69 Å². The summed E-state index contributed by atoms with van der Waals surface area (Å²) in [5.74, 6) is 2.01. The molecule has 0 fully saturated rings. The van der Waals surface area contributed by atoms with Gasteiger partial charge in [-0.25, -0.2) is 0 Å². The minimum absolute atomic E-state index is 0.239. The van der Waals surface area contributed by atoms with E-state index < -0.39 is 0 Å². The molecule has 1 heterocycles. The van der Waals surface area contributed by atoms with Crippen molar-refractivity contribution < 1.29 is 18.7 Å². The number of ether oxygens (including phenoxy) is 2. The van der Waals surface area contributed by atoms with Crippen LogP contribution < -0.4 is 14.8 Å². The Morgan fingerprint density at radius 2 is 1.62 bits per heavy atom. The third kappa shape index (κ3) is 4.06. The van der Waals surface area contributed by atoms with Crippen LogP contribution in [0.2, 0.25) is 0 Å². The summed E-state index contributed by atoms with van der Waals surface area (Å²) in [6, 6.07) is 16.5. The molecule has 3 rings (SSSR count). The first-order chi connectivity index (χ1) is 12.6. The van der Waals surface area contributed by atoms with Crippen LogP contribution >= 0.6 is 0 Å². The van der Waals surface area contributed by atoms with Gasteiger partial charge in [0.1, 0.15) is 23.9 Å². The van der Waals surface area contributed by atoms with Gasteiger partial charge in [0.25, 0.3) is 5.91 Å². The van der Waals surface area contributed by atoms with E-state index in [1.54, 1.807) is 19.2 Å². The summed E-state index contributed by atoms with van der Waals surface area (Å²) in [6.07, 6.45) is 0. The second kappa shape index (κ2) is 7.78. The number of anilines is 1. The molecule has 0 aliphatic heterocycles. The Labute approximate surface area is 152 Å². The Hall–Kier alpha value is -3.21. The molecule has 3 aromatic rings. The van der Waals surface area contributed by atoms with Crippen LogP contribution in [0.15, 0.2) is 59.0 Å². The van der Waals surface area contributed by atoms with Gasteiger partial charge >= 0.3 is 0 Å². The van der Waals surface area contributed by atoms with Crippen molar-refractivity contribution in [2.45, 2.75) is 20.5 Å². The van der Waals surface area contributed by atoms with Crippen molar-refractivity contribution in [1.29, 1.82) is 0 Å². The number of furan rings is 1. The van der Waals surface area contributed by atoms with Gasteiger partial charge in [-0.15, -0.1) is 0 Å². The van der Waals surface area contributed by atoms with Crippen molar-refractivity contribution in [3.8, 4) is 11.5 Å². The SMILES string of the molecule is COc1ccc(OCc2ccc(C(=O)Nc3c(C)cccc3C)o2)cc1. The van der Waals surface area contributed by atoms with Crippen molar-refractivity contribution in [2.75, 3.05) is 12.4 Å². The van der Waals surface area contributed by atoms with Gasteiger partial charge in [-0.1, -0.05) is 18.2 Å². The minimum Gasteiger partial charge on any atom is -0.497 e. The van der Waals surface area contributed by atoms with E-state index in [-0.39, 0.29) is 18.3 Å². The number of benzene rings is 2. The Bertz CT molecular complexity index is 876. The lowest BCUT2D eigenvalue weighted by molar-refractivity contribution is 0.0992. The highest BCUT2D eigenvalue weighted by Gasteiger charge is 2.14. The molecule has 0 spiro atoms. The topological polar surface area (TPSA) is 60.7 Å². The fraction of sp³-hybridized carbons (Fsp3) is 0.190. The third-order valence-electron chi connectivity index (χ3n) is 4.05. The lowest BCUT2D eigenvalue weighted by atomic mass is 10.1. The van der Waals surface area contributed by atoms with Gasteiger partial charge in [0.15, 0.2) is 5.76 Å². The van der Waals surface area contributed by atoms with E-state index in [9.17, 15) is 4.79 Å². The molecule has 26 heavy (non-hydrogen) atoms. The molecule has 0 atom stereocenters.